The van der Waals surface area contributed by atoms with Gasteiger partial charge in [0.1, 0.15) is 11.3 Å². The third kappa shape index (κ3) is 4.26. The van der Waals surface area contributed by atoms with E-state index >= 15 is 0 Å². The van der Waals surface area contributed by atoms with Crippen molar-refractivity contribution in [2.45, 2.75) is 25.8 Å². The van der Waals surface area contributed by atoms with E-state index in [1.165, 1.54) is 4.57 Å². The molecule has 0 saturated carbocycles. The predicted octanol–water partition coefficient (Wildman–Crippen LogP) is 2.48. The zero-order valence-electron chi connectivity index (χ0n) is 16.0. The van der Waals surface area contributed by atoms with Crippen molar-refractivity contribution in [3.8, 4) is 5.75 Å². The first-order valence-corrected chi connectivity index (χ1v) is 9.54. The van der Waals surface area contributed by atoms with Gasteiger partial charge in [0.2, 0.25) is 5.91 Å². The lowest BCUT2D eigenvalue weighted by atomic mass is 10.2. The van der Waals surface area contributed by atoms with Crippen molar-refractivity contribution in [2.24, 2.45) is 0 Å². The molecule has 3 rings (SSSR count). The number of aromatic nitrogens is 3. The molecule has 28 heavy (non-hydrogen) atoms. The minimum absolute atomic E-state index is 0.0437. The summed E-state index contributed by atoms with van der Waals surface area (Å²) in [5, 5.41) is 3.68. The van der Waals surface area contributed by atoms with Crippen molar-refractivity contribution >= 4 is 40.1 Å². The molecule has 2 aromatic heterocycles. The first-order valence-electron chi connectivity index (χ1n) is 9.13. The predicted molar refractivity (Wildman–Crippen MR) is 111 cm³/mol. The van der Waals surface area contributed by atoms with Crippen LogP contribution >= 0.6 is 12.2 Å². The lowest BCUT2D eigenvalue weighted by Gasteiger charge is -2.07. The Labute approximate surface area is 166 Å². The molecular weight excluding hydrogens is 380 g/mol. The molecule has 150 valence electrons. The molecule has 3 aromatic rings. The maximum absolute atomic E-state index is 12.9. The second kappa shape index (κ2) is 9.03. The van der Waals surface area contributed by atoms with Gasteiger partial charge in [0.15, 0.2) is 4.77 Å². The third-order valence-corrected chi connectivity index (χ3v) is 4.90. The highest BCUT2D eigenvalue weighted by Gasteiger charge is 2.12. The molecule has 0 aliphatic heterocycles. The number of carbonyl (C=O) groups excluding carboxylic acids is 1. The van der Waals surface area contributed by atoms with Crippen LogP contribution in [0.3, 0.4) is 0 Å². The van der Waals surface area contributed by atoms with Gasteiger partial charge in [0.05, 0.1) is 12.6 Å². The molecule has 0 fully saturated rings. The lowest BCUT2D eigenvalue weighted by molar-refractivity contribution is -0.121. The molecule has 0 aliphatic rings. The summed E-state index contributed by atoms with van der Waals surface area (Å²) in [7, 11) is 3.22. The van der Waals surface area contributed by atoms with Gasteiger partial charge >= 0.3 is 0 Å². The van der Waals surface area contributed by atoms with Gasteiger partial charge in [-0.25, -0.2) is 0 Å². The first-order chi connectivity index (χ1) is 13.5. The molecule has 0 atom stereocenters. The number of carbonyl (C=O) groups is 1. The van der Waals surface area contributed by atoms with Crippen LogP contribution in [0.25, 0.3) is 21.9 Å². The molecule has 0 saturated heterocycles. The maximum atomic E-state index is 12.9. The molecular formula is C19H24N4O4S. The molecule has 9 heteroatoms. The topological polar surface area (TPSA) is 101 Å². The van der Waals surface area contributed by atoms with Gasteiger partial charge in [0, 0.05) is 44.1 Å². The van der Waals surface area contributed by atoms with Crippen LogP contribution in [0, 0.1) is 4.77 Å². The quantitative estimate of drug-likeness (QED) is 0.376. The fourth-order valence-electron chi connectivity index (χ4n) is 3.12. The second-order valence-corrected chi connectivity index (χ2v) is 6.86. The SMILES string of the molecule is COCCCNC(=O)CCCn1c(=S)[nH]c2c([nH]c3ccc(OC)cc32)c1=O. The summed E-state index contributed by atoms with van der Waals surface area (Å²) in [5.41, 5.74) is 1.75. The van der Waals surface area contributed by atoms with Crippen LogP contribution in [0.1, 0.15) is 19.3 Å². The van der Waals surface area contributed by atoms with Crippen molar-refractivity contribution in [1.82, 2.24) is 19.9 Å². The molecule has 0 aliphatic carbocycles. The van der Waals surface area contributed by atoms with Crippen LogP contribution < -0.4 is 15.6 Å². The van der Waals surface area contributed by atoms with Gasteiger partial charge in [-0.05, 0) is 43.3 Å². The average Bonchev–Trinajstić information content (AvgIpc) is 3.05. The number of methoxy groups -OCH3 is 2. The Morgan fingerprint density at radius 3 is 2.79 bits per heavy atom. The van der Waals surface area contributed by atoms with Crippen LogP contribution in [0.15, 0.2) is 23.0 Å². The Kier molecular flexibility index (Phi) is 6.48. The molecule has 0 radical (unpaired) electrons. The van der Waals surface area contributed by atoms with E-state index in [0.29, 0.717) is 54.1 Å². The Balaban J connectivity index is 1.75. The molecule has 0 unspecified atom stereocenters. The summed E-state index contributed by atoms with van der Waals surface area (Å²) in [6, 6.07) is 5.55. The molecule has 8 nitrogen and oxygen atoms in total. The van der Waals surface area contributed by atoms with E-state index in [-0.39, 0.29) is 11.5 Å². The smallest absolute Gasteiger partial charge is 0.278 e. The van der Waals surface area contributed by atoms with Crippen LogP contribution in [-0.2, 0) is 16.1 Å². The first kappa shape index (κ1) is 20.1. The number of hydrogen-bond acceptors (Lipinski definition) is 5. The fourth-order valence-corrected chi connectivity index (χ4v) is 3.40. The van der Waals surface area contributed by atoms with E-state index in [9.17, 15) is 9.59 Å². The van der Waals surface area contributed by atoms with E-state index in [4.69, 9.17) is 21.7 Å². The highest BCUT2D eigenvalue weighted by Crippen LogP contribution is 2.25. The Hall–Kier alpha value is -2.65. The number of amides is 1. The van der Waals surface area contributed by atoms with E-state index in [1.54, 1.807) is 14.2 Å². The number of fused-ring (bicyclic) bond motifs is 3. The lowest BCUT2D eigenvalue weighted by Crippen LogP contribution is -2.26. The minimum Gasteiger partial charge on any atom is -0.497 e. The third-order valence-electron chi connectivity index (χ3n) is 4.57. The largest absolute Gasteiger partial charge is 0.497 e. The van der Waals surface area contributed by atoms with Gasteiger partial charge in [-0.3, -0.25) is 14.2 Å². The monoisotopic (exact) mass is 404 g/mol. The molecule has 0 bridgehead atoms. The van der Waals surface area contributed by atoms with E-state index in [1.807, 2.05) is 18.2 Å². The number of hydrogen-bond donors (Lipinski definition) is 3. The van der Waals surface area contributed by atoms with Crippen molar-refractivity contribution in [2.75, 3.05) is 27.4 Å². The minimum atomic E-state index is -0.200. The molecule has 1 amide bonds. The van der Waals surface area contributed by atoms with Gasteiger partial charge in [0.25, 0.3) is 5.56 Å². The van der Waals surface area contributed by atoms with Gasteiger partial charge < -0.3 is 24.8 Å². The zero-order chi connectivity index (χ0) is 20.1. The number of nitrogens with one attached hydrogen (secondary N) is 3. The maximum Gasteiger partial charge on any atom is 0.278 e. The molecule has 0 spiro atoms. The van der Waals surface area contributed by atoms with Crippen LogP contribution in [-0.4, -0.2) is 47.8 Å². The highest BCUT2D eigenvalue weighted by atomic mass is 32.1. The molecule has 1 aromatic carbocycles. The van der Waals surface area contributed by atoms with Gasteiger partial charge in [-0.1, -0.05) is 0 Å². The second-order valence-electron chi connectivity index (χ2n) is 6.47. The number of aromatic amines is 2. The van der Waals surface area contributed by atoms with Crippen LogP contribution in [0.2, 0.25) is 0 Å². The van der Waals surface area contributed by atoms with Crippen molar-refractivity contribution in [3.63, 3.8) is 0 Å². The molecule has 2 heterocycles. The normalized spacial score (nSPS) is 11.2. The number of ether oxygens (including phenoxy) is 2. The van der Waals surface area contributed by atoms with Crippen molar-refractivity contribution in [1.29, 1.82) is 0 Å². The summed E-state index contributed by atoms with van der Waals surface area (Å²) in [5.74, 6) is 0.659. The zero-order valence-corrected chi connectivity index (χ0v) is 16.8. The van der Waals surface area contributed by atoms with Crippen molar-refractivity contribution in [3.05, 3.63) is 33.3 Å². The summed E-state index contributed by atoms with van der Waals surface area (Å²) >= 11 is 5.38. The van der Waals surface area contributed by atoms with E-state index < -0.39 is 0 Å². The summed E-state index contributed by atoms with van der Waals surface area (Å²) in [6.07, 6.45) is 1.62. The number of H-pyrrole nitrogens is 2. The summed E-state index contributed by atoms with van der Waals surface area (Å²) in [6.45, 7) is 1.56. The van der Waals surface area contributed by atoms with E-state index in [2.05, 4.69) is 15.3 Å². The van der Waals surface area contributed by atoms with Gasteiger partial charge in [-0.15, -0.1) is 0 Å². The number of rotatable bonds is 9. The standard InChI is InChI=1S/C19H24N4O4S/c1-26-10-4-8-20-15(24)5-3-9-23-18(25)17-16(22-19(23)28)13-11-12(27-2)6-7-14(13)21-17/h6-7,11,21H,3-5,8-10H2,1-2H3,(H,20,24)(H,22,28). The fraction of sp³-hybridized carbons (Fsp3) is 0.421. The highest BCUT2D eigenvalue weighted by molar-refractivity contribution is 7.71. The Morgan fingerprint density at radius 1 is 1.21 bits per heavy atom. The Morgan fingerprint density at radius 2 is 2.04 bits per heavy atom. The van der Waals surface area contributed by atoms with Crippen LogP contribution in [0.4, 0.5) is 0 Å². The van der Waals surface area contributed by atoms with E-state index in [0.717, 1.165) is 17.3 Å². The summed E-state index contributed by atoms with van der Waals surface area (Å²) < 4.78 is 12.0. The average molecular weight is 404 g/mol. The van der Waals surface area contributed by atoms with Crippen molar-refractivity contribution < 1.29 is 14.3 Å². The van der Waals surface area contributed by atoms with Crippen LogP contribution in [0.5, 0.6) is 5.75 Å². The Bertz CT molecular complexity index is 1100. The molecule has 3 N–H and O–H groups in total. The summed E-state index contributed by atoms with van der Waals surface area (Å²) in [4.78, 5) is 31.0. The number of nitrogens with zero attached hydrogens (tertiary/aromatic N) is 1. The van der Waals surface area contributed by atoms with Gasteiger partial charge in [-0.2, -0.15) is 0 Å². The number of benzene rings is 1.